The molecule has 2 heterocycles. The third-order valence-electron chi connectivity index (χ3n) is 3.41. The fourth-order valence-corrected chi connectivity index (χ4v) is 2.98. The molecule has 0 aliphatic carbocycles. The predicted molar refractivity (Wildman–Crippen MR) is 94.2 cm³/mol. The SMILES string of the molecule is CCc1cnc(C(=O)NCC(=O)Nc2cccc3cccnc23)s1. The summed E-state index contributed by atoms with van der Waals surface area (Å²) in [6, 6.07) is 9.32. The summed E-state index contributed by atoms with van der Waals surface area (Å²) >= 11 is 1.33. The number of pyridine rings is 1. The molecule has 0 unspecified atom stereocenters. The maximum atomic E-state index is 12.1. The molecule has 3 rings (SSSR count). The molecule has 24 heavy (non-hydrogen) atoms. The fraction of sp³-hybridized carbons (Fsp3) is 0.176. The van der Waals surface area contributed by atoms with Crippen molar-refractivity contribution in [2.24, 2.45) is 0 Å². The highest BCUT2D eigenvalue weighted by Gasteiger charge is 2.13. The Balaban J connectivity index is 1.62. The van der Waals surface area contributed by atoms with E-state index in [1.807, 2.05) is 31.2 Å². The van der Waals surface area contributed by atoms with Crippen LogP contribution in [0.1, 0.15) is 21.6 Å². The number of hydrogen-bond donors (Lipinski definition) is 2. The summed E-state index contributed by atoms with van der Waals surface area (Å²) in [5, 5.41) is 6.66. The third-order valence-corrected chi connectivity index (χ3v) is 4.55. The average Bonchev–Trinajstić information content (AvgIpc) is 3.09. The van der Waals surface area contributed by atoms with Crippen LogP contribution in [0.2, 0.25) is 0 Å². The summed E-state index contributed by atoms with van der Waals surface area (Å²) in [7, 11) is 0. The Morgan fingerprint density at radius 2 is 2.00 bits per heavy atom. The van der Waals surface area contributed by atoms with Crippen molar-refractivity contribution in [3.63, 3.8) is 0 Å². The first-order valence-electron chi connectivity index (χ1n) is 7.54. The van der Waals surface area contributed by atoms with Gasteiger partial charge in [-0.1, -0.05) is 25.1 Å². The van der Waals surface area contributed by atoms with Gasteiger partial charge in [-0.2, -0.15) is 0 Å². The molecule has 0 saturated heterocycles. The van der Waals surface area contributed by atoms with Crippen LogP contribution in [0.15, 0.2) is 42.7 Å². The minimum atomic E-state index is -0.342. The topological polar surface area (TPSA) is 84.0 Å². The molecular weight excluding hydrogens is 324 g/mol. The summed E-state index contributed by atoms with van der Waals surface area (Å²) in [5.41, 5.74) is 1.34. The summed E-state index contributed by atoms with van der Waals surface area (Å²) in [4.78, 5) is 33.4. The fourth-order valence-electron chi connectivity index (χ4n) is 2.21. The molecular formula is C17H16N4O2S. The van der Waals surface area contributed by atoms with Crippen LogP contribution in [-0.2, 0) is 11.2 Å². The maximum absolute atomic E-state index is 12.1. The Morgan fingerprint density at radius 3 is 2.79 bits per heavy atom. The van der Waals surface area contributed by atoms with Crippen molar-refractivity contribution in [2.45, 2.75) is 13.3 Å². The number of nitrogens with one attached hydrogen (secondary N) is 2. The van der Waals surface area contributed by atoms with Crippen molar-refractivity contribution in [3.05, 3.63) is 52.6 Å². The molecule has 0 atom stereocenters. The highest BCUT2D eigenvalue weighted by Crippen LogP contribution is 2.20. The molecule has 0 aliphatic rings. The number of amides is 2. The standard InChI is InChI=1S/C17H16N4O2S/c1-2-12-9-20-17(24-12)16(23)19-10-14(22)21-13-7-3-5-11-6-4-8-18-15(11)13/h3-9H,2,10H2,1H3,(H,19,23)(H,21,22). The molecule has 0 spiro atoms. The Morgan fingerprint density at radius 1 is 1.17 bits per heavy atom. The predicted octanol–water partition coefficient (Wildman–Crippen LogP) is 2.62. The van der Waals surface area contributed by atoms with E-state index in [1.165, 1.54) is 11.3 Å². The Hall–Kier alpha value is -2.80. The van der Waals surface area contributed by atoms with Crippen LogP contribution in [0.4, 0.5) is 5.69 Å². The molecule has 1 aromatic carbocycles. The zero-order chi connectivity index (χ0) is 16.9. The van der Waals surface area contributed by atoms with Crippen LogP contribution in [0.3, 0.4) is 0 Å². The first kappa shape index (κ1) is 16.1. The van der Waals surface area contributed by atoms with Crippen LogP contribution < -0.4 is 10.6 Å². The Kier molecular flexibility index (Phi) is 4.81. The van der Waals surface area contributed by atoms with Gasteiger partial charge in [0.2, 0.25) is 5.91 Å². The second-order valence-electron chi connectivity index (χ2n) is 5.10. The van der Waals surface area contributed by atoms with Gasteiger partial charge < -0.3 is 10.6 Å². The van der Waals surface area contributed by atoms with Crippen molar-refractivity contribution in [1.82, 2.24) is 15.3 Å². The number of hydrogen-bond acceptors (Lipinski definition) is 5. The molecule has 0 bridgehead atoms. The van der Waals surface area contributed by atoms with E-state index >= 15 is 0 Å². The van der Waals surface area contributed by atoms with Crippen molar-refractivity contribution >= 4 is 39.7 Å². The second-order valence-corrected chi connectivity index (χ2v) is 6.21. The molecule has 0 aliphatic heterocycles. The number of carbonyl (C=O) groups excluding carboxylic acids is 2. The number of para-hydroxylation sites is 1. The summed E-state index contributed by atoms with van der Waals surface area (Å²) in [6.07, 6.45) is 4.19. The number of aryl methyl sites for hydroxylation is 1. The largest absolute Gasteiger partial charge is 0.341 e. The van der Waals surface area contributed by atoms with E-state index in [0.29, 0.717) is 16.2 Å². The number of rotatable bonds is 5. The number of nitrogens with zero attached hydrogens (tertiary/aromatic N) is 2. The normalized spacial score (nSPS) is 10.5. The van der Waals surface area contributed by atoms with Gasteiger partial charge in [0.25, 0.3) is 5.91 Å². The highest BCUT2D eigenvalue weighted by molar-refractivity contribution is 7.13. The highest BCUT2D eigenvalue weighted by atomic mass is 32.1. The lowest BCUT2D eigenvalue weighted by Crippen LogP contribution is -2.32. The molecule has 2 aromatic heterocycles. The number of thiazole rings is 1. The van der Waals surface area contributed by atoms with E-state index in [0.717, 1.165) is 16.7 Å². The van der Waals surface area contributed by atoms with Crippen LogP contribution in [0, 0.1) is 0 Å². The number of fused-ring (bicyclic) bond motifs is 1. The zero-order valence-corrected chi connectivity index (χ0v) is 13.9. The Bertz CT molecular complexity index is 886. The minimum Gasteiger partial charge on any atom is -0.341 e. The second kappa shape index (κ2) is 7.18. The first-order chi connectivity index (χ1) is 11.7. The molecule has 122 valence electrons. The monoisotopic (exact) mass is 340 g/mol. The number of carbonyl (C=O) groups is 2. The van der Waals surface area contributed by atoms with Crippen LogP contribution in [0.25, 0.3) is 10.9 Å². The summed E-state index contributed by atoms with van der Waals surface area (Å²) in [5.74, 6) is -0.653. The van der Waals surface area contributed by atoms with E-state index in [4.69, 9.17) is 0 Å². The average molecular weight is 340 g/mol. The number of benzene rings is 1. The number of aromatic nitrogens is 2. The van der Waals surface area contributed by atoms with Crippen LogP contribution >= 0.6 is 11.3 Å². The Labute approximate surface area is 142 Å². The molecule has 0 radical (unpaired) electrons. The van der Waals surface area contributed by atoms with Gasteiger partial charge in [0, 0.05) is 22.7 Å². The van der Waals surface area contributed by atoms with Crippen molar-refractivity contribution in [1.29, 1.82) is 0 Å². The van der Waals surface area contributed by atoms with Gasteiger partial charge in [0.1, 0.15) is 0 Å². The van der Waals surface area contributed by atoms with Crippen LogP contribution in [0.5, 0.6) is 0 Å². The molecule has 2 amide bonds. The molecule has 7 heteroatoms. The molecule has 0 fully saturated rings. The maximum Gasteiger partial charge on any atom is 0.280 e. The molecule has 6 nitrogen and oxygen atoms in total. The third kappa shape index (κ3) is 3.57. The lowest BCUT2D eigenvalue weighted by Gasteiger charge is -2.08. The first-order valence-corrected chi connectivity index (χ1v) is 8.35. The zero-order valence-electron chi connectivity index (χ0n) is 13.1. The van der Waals surface area contributed by atoms with E-state index in [-0.39, 0.29) is 18.4 Å². The van der Waals surface area contributed by atoms with Gasteiger partial charge in [0.05, 0.1) is 17.7 Å². The van der Waals surface area contributed by atoms with Gasteiger partial charge in [-0.3, -0.25) is 14.6 Å². The number of anilines is 1. The van der Waals surface area contributed by atoms with Crippen molar-refractivity contribution < 1.29 is 9.59 Å². The van der Waals surface area contributed by atoms with Crippen molar-refractivity contribution in [2.75, 3.05) is 11.9 Å². The molecule has 3 aromatic rings. The molecule has 0 saturated carbocycles. The van der Waals surface area contributed by atoms with Gasteiger partial charge in [0.15, 0.2) is 5.01 Å². The van der Waals surface area contributed by atoms with Gasteiger partial charge in [-0.05, 0) is 18.6 Å². The van der Waals surface area contributed by atoms with E-state index in [1.54, 1.807) is 18.5 Å². The molecule has 2 N–H and O–H groups in total. The smallest absolute Gasteiger partial charge is 0.280 e. The van der Waals surface area contributed by atoms with Gasteiger partial charge in [-0.15, -0.1) is 11.3 Å². The summed E-state index contributed by atoms with van der Waals surface area (Å²) < 4.78 is 0. The van der Waals surface area contributed by atoms with Gasteiger partial charge >= 0.3 is 0 Å². The van der Waals surface area contributed by atoms with Crippen molar-refractivity contribution in [3.8, 4) is 0 Å². The van der Waals surface area contributed by atoms with E-state index in [9.17, 15) is 9.59 Å². The quantitative estimate of drug-likeness (QED) is 0.748. The summed E-state index contributed by atoms with van der Waals surface area (Å²) in [6.45, 7) is 1.88. The minimum absolute atomic E-state index is 0.122. The van der Waals surface area contributed by atoms with Gasteiger partial charge in [-0.25, -0.2) is 4.98 Å². The van der Waals surface area contributed by atoms with E-state index in [2.05, 4.69) is 20.6 Å². The van der Waals surface area contributed by atoms with E-state index < -0.39 is 0 Å². The van der Waals surface area contributed by atoms with Crippen LogP contribution in [-0.4, -0.2) is 28.3 Å². The lowest BCUT2D eigenvalue weighted by molar-refractivity contribution is -0.115. The lowest BCUT2D eigenvalue weighted by atomic mass is 10.2.